The maximum atomic E-state index is 2.44. The van der Waals surface area contributed by atoms with Crippen molar-refractivity contribution in [1.29, 1.82) is 0 Å². The van der Waals surface area contributed by atoms with Gasteiger partial charge in [-0.05, 0) is 43.0 Å². The van der Waals surface area contributed by atoms with Gasteiger partial charge in [0.2, 0.25) is 11.2 Å². The Hall–Kier alpha value is -2.15. The van der Waals surface area contributed by atoms with Crippen LogP contribution in [0.3, 0.4) is 0 Å². The number of fused-ring (bicyclic) bond motifs is 1. The summed E-state index contributed by atoms with van der Waals surface area (Å²) in [5.74, 6) is 0.855. The number of pyridine rings is 1. The zero-order chi connectivity index (χ0) is 16.5. The van der Waals surface area contributed by atoms with Gasteiger partial charge in [0.1, 0.15) is 7.05 Å². The molecule has 1 aliphatic rings. The van der Waals surface area contributed by atoms with Crippen molar-refractivity contribution in [3.63, 3.8) is 0 Å². The molecule has 3 aromatic rings. The van der Waals surface area contributed by atoms with Gasteiger partial charge in [-0.1, -0.05) is 56.0 Å². The highest BCUT2D eigenvalue weighted by Crippen LogP contribution is 2.33. The van der Waals surface area contributed by atoms with Crippen LogP contribution in [-0.4, -0.2) is 0 Å². The van der Waals surface area contributed by atoms with Crippen molar-refractivity contribution in [3.05, 3.63) is 65.7 Å². The van der Waals surface area contributed by atoms with E-state index in [1.165, 1.54) is 65.4 Å². The summed E-state index contributed by atoms with van der Waals surface area (Å²) < 4.78 is 2.40. The van der Waals surface area contributed by atoms with E-state index in [1.807, 2.05) is 0 Å². The van der Waals surface area contributed by atoms with E-state index >= 15 is 0 Å². The number of hydrogen-bond acceptors (Lipinski definition) is 0. The molecule has 0 bridgehead atoms. The number of nitrogens with zero attached hydrogens (tertiary/aromatic N) is 1. The first-order chi connectivity index (χ1) is 11.7. The second-order valence-corrected chi connectivity index (χ2v) is 7.31. The molecule has 1 aliphatic carbocycles. The Bertz CT molecular complexity index is 872. The minimum atomic E-state index is 0.855. The van der Waals surface area contributed by atoms with Crippen molar-refractivity contribution in [2.75, 3.05) is 0 Å². The van der Waals surface area contributed by atoms with Crippen molar-refractivity contribution in [1.82, 2.24) is 0 Å². The fourth-order valence-corrected chi connectivity index (χ4v) is 4.38. The molecule has 1 saturated carbocycles. The Morgan fingerprint density at radius 3 is 2.46 bits per heavy atom. The average molecular weight is 316 g/mol. The SMILES string of the molecule is Cc1ccccc1-c1c(CC2CCCC2)cc2ccccc2[n+]1C. The fraction of sp³-hybridized carbons (Fsp3) is 0.348. The number of aromatic nitrogens is 1. The van der Waals surface area contributed by atoms with Crippen LogP contribution in [0.4, 0.5) is 0 Å². The molecule has 4 rings (SSSR count). The second kappa shape index (κ2) is 6.39. The average Bonchev–Trinajstić information content (AvgIpc) is 3.09. The van der Waals surface area contributed by atoms with Crippen LogP contribution in [0.2, 0.25) is 0 Å². The quantitative estimate of drug-likeness (QED) is 0.572. The molecule has 0 aliphatic heterocycles. The molecule has 24 heavy (non-hydrogen) atoms. The minimum Gasteiger partial charge on any atom is -0.194 e. The number of benzene rings is 2. The van der Waals surface area contributed by atoms with Gasteiger partial charge in [-0.2, -0.15) is 4.57 Å². The molecule has 0 spiro atoms. The van der Waals surface area contributed by atoms with Gasteiger partial charge in [-0.25, -0.2) is 0 Å². The van der Waals surface area contributed by atoms with Gasteiger partial charge in [0, 0.05) is 22.6 Å². The predicted molar refractivity (Wildman–Crippen MR) is 101 cm³/mol. The van der Waals surface area contributed by atoms with Gasteiger partial charge < -0.3 is 0 Å². The molecule has 0 unspecified atom stereocenters. The fourth-order valence-electron chi connectivity index (χ4n) is 4.38. The maximum Gasteiger partial charge on any atom is 0.216 e. The Morgan fingerprint density at radius 1 is 0.958 bits per heavy atom. The number of rotatable bonds is 3. The monoisotopic (exact) mass is 316 g/mol. The van der Waals surface area contributed by atoms with Crippen LogP contribution < -0.4 is 4.57 Å². The lowest BCUT2D eigenvalue weighted by Gasteiger charge is -2.15. The molecule has 0 amide bonds. The Kier molecular flexibility index (Phi) is 4.10. The minimum absolute atomic E-state index is 0.855. The first-order valence-electron chi connectivity index (χ1n) is 9.20. The Balaban J connectivity index is 1.94. The van der Waals surface area contributed by atoms with E-state index in [-0.39, 0.29) is 0 Å². The molecule has 0 radical (unpaired) electrons. The van der Waals surface area contributed by atoms with Crippen LogP contribution in [0.25, 0.3) is 22.2 Å². The van der Waals surface area contributed by atoms with Crippen molar-refractivity contribution in [2.45, 2.75) is 39.0 Å². The summed E-state index contributed by atoms with van der Waals surface area (Å²) in [5, 5.41) is 1.35. The highest BCUT2D eigenvalue weighted by Gasteiger charge is 2.24. The summed E-state index contributed by atoms with van der Waals surface area (Å²) in [7, 11) is 2.22. The topological polar surface area (TPSA) is 3.88 Å². The number of hydrogen-bond donors (Lipinski definition) is 0. The molecule has 1 fully saturated rings. The highest BCUT2D eigenvalue weighted by atomic mass is 14.9. The van der Waals surface area contributed by atoms with E-state index in [1.54, 1.807) is 0 Å². The van der Waals surface area contributed by atoms with Gasteiger partial charge in [0.15, 0.2) is 0 Å². The van der Waals surface area contributed by atoms with E-state index in [0.29, 0.717) is 0 Å². The summed E-state index contributed by atoms with van der Waals surface area (Å²) >= 11 is 0. The third kappa shape index (κ3) is 2.73. The molecule has 0 atom stereocenters. The number of para-hydroxylation sites is 1. The molecular formula is C23H26N+. The zero-order valence-corrected chi connectivity index (χ0v) is 14.8. The third-order valence-electron chi connectivity index (χ3n) is 5.65. The first kappa shape index (κ1) is 15.4. The van der Waals surface area contributed by atoms with Crippen LogP contribution in [0.5, 0.6) is 0 Å². The number of aryl methyl sites for hydroxylation is 2. The van der Waals surface area contributed by atoms with Crippen LogP contribution >= 0.6 is 0 Å². The first-order valence-corrected chi connectivity index (χ1v) is 9.20. The van der Waals surface area contributed by atoms with Gasteiger partial charge >= 0.3 is 0 Å². The van der Waals surface area contributed by atoms with Crippen LogP contribution in [0.1, 0.15) is 36.8 Å². The lowest BCUT2D eigenvalue weighted by atomic mass is 9.91. The van der Waals surface area contributed by atoms with E-state index < -0.39 is 0 Å². The molecule has 2 aromatic carbocycles. The normalized spacial score (nSPS) is 15.2. The molecule has 122 valence electrons. The standard InChI is InChI=1S/C23H26N/c1-17-9-3-7-13-21(17)23-20(15-18-10-4-5-11-18)16-19-12-6-8-14-22(19)24(23)2/h3,6-9,12-14,16,18H,4-5,10-11,15H2,1-2H3/q+1. The molecule has 1 heteroatoms. The van der Waals surface area contributed by atoms with E-state index in [0.717, 1.165) is 5.92 Å². The third-order valence-corrected chi connectivity index (χ3v) is 5.65. The van der Waals surface area contributed by atoms with Crippen molar-refractivity contribution >= 4 is 10.9 Å². The summed E-state index contributed by atoms with van der Waals surface area (Å²) in [6.45, 7) is 2.23. The second-order valence-electron chi connectivity index (χ2n) is 7.31. The van der Waals surface area contributed by atoms with E-state index in [9.17, 15) is 0 Å². The zero-order valence-electron chi connectivity index (χ0n) is 14.8. The van der Waals surface area contributed by atoms with Gasteiger partial charge in [0.25, 0.3) is 0 Å². The summed E-state index contributed by atoms with van der Waals surface area (Å²) in [4.78, 5) is 0. The molecule has 1 heterocycles. The predicted octanol–water partition coefficient (Wildman–Crippen LogP) is 5.37. The maximum absolute atomic E-state index is 2.44. The van der Waals surface area contributed by atoms with Crippen LogP contribution in [0, 0.1) is 12.8 Å². The molecule has 0 N–H and O–H groups in total. The van der Waals surface area contributed by atoms with Crippen LogP contribution in [-0.2, 0) is 13.5 Å². The van der Waals surface area contributed by atoms with E-state index in [4.69, 9.17) is 0 Å². The molecule has 0 saturated heterocycles. The van der Waals surface area contributed by atoms with E-state index in [2.05, 4.69) is 73.1 Å². The summed E-state index contributed by atoms with van der Waals surface area (Å²) in [6, 6.07) is 20.0. The Morgan fingerprint density at radius 2 is 1.67 bits per heavy atom. The Labute approximate surface area is 145 Å². The summed E-state index contributed by atoms with van der Waals surface area (Å²) in [6.07, 6.45) is 6.81. The molecular weight excluding hydrogens is 290 g/mol. The van der Waals surface area contributed by atoms with Crippen molar-refractivity contribution in [2.24, 2.45) is 13.0 Å². The van der Waals surface area contributed by atoms with Crippen molar-refractivity contribution in [3.8, 4) is 11.3 Å². The molecule has 1 nitrogen and oxygen atoms in total. The van der Waals surface area contributed by atoms with Gasteiger partial charge in [-0.3, -0.25) is 0 Å². The highest BCUT2D eigenvalue weighted by molar-refractivity contribution is 5.79. The van der Waals surface area contributed by atoms with Crippen LogP contribution in [0.15, 0.2) is 54.6 Å². The van der Waals surface area contributed by atoms with Gasteiger partial charge in [-0.15, -0.1) is 0 Å². The smallest absolute Gasteiger partial charge is 0.194 e. The summed E-state index contributed by atoms with van der Waals surface area (Å²) in [5.41, 5.74) is 6.96. The lowest BCUT2D eigenvalue weighted by Crippen LogP contribution is -2.34. The lowest BCUT2D eigenvalue weighted by molar-refractivity contribution is -0.634. The molecule has 1 aromatic heterocycles. The largest absolute Gasteiger partial charge is 0.216 e. The van der Waals surface area contributed by atoms with Crippen molar-refractivity contribution < 1.29 is 4.57 Å². The van der Waals surface area contributed by atoms with Gasteiger partial charge in [0.05, 0.1) is 0 Å².